The Hall–Kier alpha value is -3.03. The van der Waals surface area contributed by atoms with Crippen LogP contribution in [-0.4, -0.2) is 26.7 Å². The number of aromatic amines is 1. The molecule has 0 fully saturated rings. The van der Waals surface area contributed by atoms with Crippen LogP contribution in [0, 0.1) is 10.1 Å². The van der Waals surface area contributed by atoms with E-state index in [2.05, 4.69) is 20.7 Å². The third-order valence-corrected chi connectivity index (χ3v) is 3.42. The van der Waals surface area contributed by atoms with Gasteiger partial charge in [0.2, 0.25) is 0 Å². The maximum Gasteiger partial charge on any atom is 0.291 e. The number of nitrogens with one attached hydrogen (secondary N) is 2. The zero-order valence-corrected chi connectivity index (χ0v) is 14.0. The summed E-state index contributed by atoms with van der Waals surface area (Å²) in [5, 5.41) is 21.6. The highest BCUT2D eigenvalue weighted by Gasteiger charge is 2.19. The summed E-state index contributed by atoms with van der Waals surface area (Å²) in [7, 11) is 0. The number of hydrazone groups is 1. The molecule has 0 atom stereocenters. The summed E-state index contributed by atoms with van der Waals surface area (Å²) in [4.78, 5) is 22.4. The lowest BCUT2D eigenvalue weighted by Gasteiger charge is -2.14. The van der Waals surface area contributed by atoms with Gasteiger partial charge in [-0.25, -0.2) is 5.43 Å². The van der Waals surface area contributed by atoms with E-state index in [-0.39, 0.29) is 16.8 Å². The highest BCUT2D eigenvalue weighted by Crippen LogP contribution is 2.20. The number of nitro groups is 1. The summed E-state index contributed by atoms with van der Waals surface area (Å²) in [5.41, 5.74) is 4.32. The predicted octanol–water partition coefficient (Wildman–Crippen LogP) is 2.77. The minimum atomic E-state index is -0.479. The average molecular weight is 329 g/mol. The molecule has 1 aromatic heterocycles. The number of carbonyl (C=O) groups excluding carboxylic acids is 1. The van der Waals surface area contributed by atoms with Gasteiger partial charge in [-0.3, -0.25) is 20.0 Å². The van der Waals surface area contributed by atoms with Gasteiger partial charge in [0.15, 0.2) is 5.69 Å². The SMILES string of the molecule is CC(=NNC(=O)c1cc(C(C)(C)C)[nH]n1)c1cccc([N+](=O)[O-])c1. The Bertz CT molecular complexity index is 802. The Morgan fingerprint density at radius 1 is 1.33 bits per heavy atom. The van der Waals surface area contributed by atoms with E-state index < -0.39 is 10.8 Å². The fraction of sp³-hybridized carbons (Fsp3) is 0.312. The monoisotopic (exact) mass is 329 g/mol. The van der Waals surface area contributed by atoms with Crippen molar-refractivity contribution in [3.8, 4) is 0 Å². The number of nitro benzene ring substituents is 1. The molecule has 24 heavy (non-hydrogen) atoms. The van der Waals surface area contributed by atoms with Crippen molar-refractivity contribution in [2.24, 2.45) is 5.10 Å². The molecule has 1 aromatic carbocycles. The van der Waals surface area contributed by atoms with Gasteiger partial charge < -0.3 is 0 Å². The maximum atomic E-state index is 12.1. The first-order valence-corrected chi connectivity index (χ1v) is 7.34. The molecule has 0 saturated heterocycles. The molecule has 126 valence electrons. The lowest BCUT2D eigenvalue weighted by atomic mass is 9.92. The number of rotatable bonds is 4. The smallest absolute Gasteiger partial charge is 0.281 e. The first-order valence-electron chi connectivity index (χ1n) is 7.34. The second kappa shape index (κ2) is 6.61. The fourth-order valence-corrected chi connectivity index (χ4v) is 1.92. The number of benzene rings is 1. The number of non-ortho nitro benzene ring substituents is 1. The van der Waals surface area contributed by atoms with Crippen molar-refractivity contribution in [3.05, 3.63) is 57.4 Å². The number of amides is 1. The Labute approximate surface area is 139 Å². The Morgan fingerprint density at radius 3 is 2.62 bits per heavy atom. The van der Waals surface area contributed by atoms with Crippen molar-refractivity contribution >= 4 is 17.3 Å². The van der Waals surface area contributed by atoms with Crippen molar-refractivity contribution < 1.29 is 9.72 Å². The van der Waals surface area contributed by atoms with Crippen LogP contribution in [0.4, 0.5) is 5.69 Å². The molecule has 0 spiro atoms. The third kappa shape index (κ3) is 4.03. The highest BCUT2D eigenvalue weighted by molar-refractivity contribution is 6.00. The normalized spacial score (nSPS) is 12.1. The molecule has 2 rings (SSSR count). The minimum Gasteiger partial charge on any atom is -0.281 e. The van der Waals surface area contributed by atoms with Crippen LogP contribution in [0.15, 0.2) is 35.4 Å². The largest absolute Gasteiger partial charge is 0.291 e. The zero-order chi connectivity index (χ0) is 17.9. The summed E-state index contributed by atoms with van der Waals surface area (Å²) < 4.78 is 0. The minimum absolute atomic E-state index is 0.0319. The molecule has 0 aliphatic carbocycles. The van der Waals surface area contributed by atoms with E-state index in [0.29, 0.717) is 11.3 Å². The van der Waals surface area contributed by atoms with Crippen molar-refractivity contribution in [2.75, 3.05) is 0 Å². The topological polar surface area (TPSA) is 113 Å². The Kier molecular flexibility index (Phi) is 4.77. The van der Waals surface area contributed by atoms with Gasteiger partial charge in [0.05, 0.1) is 10.6 Å². The number of hydrogen-bond acceptors (Lipinski definition) is 5. The molecule has 1 heterocycles. The number of aromatic nitrogens is 2. The number of carbonyl (C=O) groups is 1. The van der Waals surface area contributed by atoms with E-state index in [1.54, 1.807) is 25.1 Å². The third-order valence-electron chi connectivity index (χ3n) is 3.42. The highest BCUT2D eigenvalue weighted by atomic mass is 16.6. The zero-order valence-electron chi connectivity index (χ0n) is 14.0. The van der Waals surface area contributed by atoms with Crippen LogP contribution in [0.3, 0.4) is 0 Å². The molecule has 0 bridgehead atoms. The summed E-state index contributed by atoms with van der Waals surface area (Å²) >= 11 is 0. The van der Waals surface area contributed by atoms with E-state index >= 15 is 0 Å². The maximum absolute atomic E-state index is 12.1. The predicted molar refractivity (Wildman–Crippen MR) is 90.1 cm³/mol. The first kappa shape index (κ1) is 17.3. The van der Waals surface area contributed by atoms with Crippen LogP contribution < -0.4 is 5.43 Å². The van der Waals surface area contributed by atoms with Gasteiger partial charge in [0.1, 0.15) is 0 Å². The first-order chi connectivity index (χ1) is 11.2. The van der Waals surface area contributed by atoms with Gasteiger partial charge >= 0.3 is 0 Å². The van der Waals surface area contributed by atoms with Crippen LogP contribution in [0.5, 0.6) is 0 Å². The summed E-state index contributed by atoms with van der Waals surface area (Å²) in [6.07, 6.45) is 0. The standard InChI is InChI=1S/C16H19N5O3/c1-10(11-6-5-7-12(8-11)21(23)24)17-20-15(22)13-9-14(19-18-13)16(2,3)4/h5-9H,1-4H3,(H,18,19)(H,20,22). The molecule has 0 unspecified atom stereocenters. The van der Waals surface area contributed by atoms with Crippen LogP contribution in [0.25, 0.3) is 0 Å². The lowest BCUT2D eigenvalue weighted by Crippen LogP contribution is -2.19. The molecule has 2 aromatic rings. The van der Waals surface area contributed by atoms with Crippen molar-refractivity contribution in [1.82, 2.24) is 15.6 Å². The van der Waals surface area contributed by atoms with Crippen LogP contribution in [0.1, 0.15) is 49.4 Å². The lowest BCUT2D eigenvalue weighted by molar-refractivity contribution is -0.384. The molecule has 8 nitrogen and oxygen atoms in total. The molecule has 0 radical (unpaired) electrons. The quantitative estimate of drug-likeness (QED) is 0.510. The van der Waals surface area contributed by atoms with Gasteiger partial charge in [-0.2, -0.15) is 10.2 Å². The van der Waals surface area contributed by atoms with Crippen molar-refractivity contribution in [2.45, 2.75) is 33.1 Å². The Balaban J connectivity index is 2.12. The summed E-state index contributed by atoms with van der Waals surface area (Å²) in [6, 6.07) is 7.72. The van der Waals surface area contributed by atoms with Gasteiger partial charge in [-0.1, -0.05) is 32.9 Å². The van der Waals surface area contributed by atoms with Crippen LogP contribution in [0.2, 0.25) is 0 Å². The summed E-state index contributed by atoms with van der Waals surface area (Å²) in [5.74, 6) is -0.452. The molecule has 0 saturated carbocycles. The van der Waals surface area contributed by atoms with Crippen LogP contribution in [-0.2, 0) is 5.41 Å². The number of nitrogens with zero attached hydrogens (tertiary/aromatic N) is 3. The molecule has 0 aliphatic heterocycles. The van der Waals surface area contributed by atoms with Crippen LogP contribution >= 0.6 is 0 Å². The van der Waals surface area contributed by atoms with Crippen molar-refractivity contribution in [3.63, 3.8) is 0 Å². The van der Waals surface area contributed by atoms with E-state index in [4.69, 9.17) is 0 Å². The number of hydrogen-bond donors (Lipinski definition) is 2. The van der Waals surface area contributed by atoms with E-state index in [1.807, 2.05) is 20.8 Å². The second-order valence-electron chi connectivity index (χ2n) is 6.36. The van der Waals surface area contributed by atoms with E-state index in [9.17, 15) is 14.9 Å². The Morgan fingerprint density at radius 2 is 2.04 bits per heavy atom. The molecule has 1 amide bonds. The van der Waals surface area contributed by atoms with Gasteiger partial charge in [-0.15, -0.1) is 0 Å². The van der Waals surface area contributed by atoms with Gasteiger partial charge in [0, 0.05) is 28.8 Å². The number of H-pyrrole nitrogens is 1. The molecule has 8 heteroatoms. The molecular weight excluding hydrogens is 310 g/mol. The second-order valence-corrected chi connectivity index (χ2v) is 6.36. The molecular formula is C16H19N5O3. The van der Waals surface area contributed by atoms with Crippen molar-refractivity contribution in [1.29, 1.82) is 0 Å². The average Bonchev–Trinajstić information content (AvgIpc) is 3.02. The van der Waals surface area contributed by atoms with E-state index in [0.717, 1.165) is 5.69 Å². The van der Waals surface area contributed by atoms with E-state index in [1.165, 1.54) is 12.1 Å². The summed E-state index contributed by atoms with van der Waals surface area (Å²) in [6.45, 7) is 7.68. The van der Waals surface area contributed by atoms with Gasteiger partial charge in [0.25, 0.3) is 11.6 Å². The molecule has 2 N–H and O–H groups in total. The van der Waals surface area contributed by atoms with Gasteiger partial charge in [-0.05, 0) is 13.0 Å². The fourth-order valence-electron chi connectivity index (χ4n) is 1.92. The molecule has 0 aliphatic rings.